The van der Waals surface area contributed by atoms with Crippen molar-refractivity contribution in [2.75, 3.05) is 6.54 Å². The highest BCUT2D eigenvalue weighted by molar-refractivity contribution is 5.11. The lowest BCUT2D eigenvalue weighted by atomic mass is 10.3. The van der Waals surface area contributed by atoms with Crippen molar-refractivity contribution in [3.63, 3.8) is 0 Å². The molecule has 0 amide bonds. The summed E-state index contributed by atoms with van der Waals surface area (Å²) in [5, 5.41) is 4.43. The first-order valence-electron chi connectivity index (χ1n) is 5.95. The van der Waals surface area contributed by atoms with Gasteiger partial charge < -0.3 is 10.3 Å². The normalized spacial score (nSPS) is 11.0. The van der Waals surface area contributed by atoms with E-state index in [1.807, 2.05) is 24.3 Å². The van der Waals surface area contributed by atoms with Crippen molar-refractivity contribution in [2.45, 2.75) is 26.3 Å². The van der Waals surface area contributed by atoms with Crippen LogP contribution < -0.4 is 5.73 Å². The molecule has 2 N–H and O–H groups in total. The molecule has 0 spiro atoms. The van der Waals surface area contributed by atoms with Crippen molar-refractivity contribution in [3.8, 4) is 0 Å². The van der Waals surface area contributed by atoms with Crippen LogP contribution in [0.25, 0.3) is 0 Å². The Balaban J connectivity index is 2.10. The van der Waals surface area contributed by atoms with Gasteiger partial charge in [0.1, 0.15) is 0 Å². The monoisotopic (exact) mass is 233 g/mol. The van der Waals surface area contributed by atoms with E-state index < -0.39 is 0 Å². The SMILES string of the molecule is CCc1cc(Cn2cnc(CCN)c2)n(C)n1. The Morgan fingerprint density at radius 3 is 2.82 bits per heavy atom. The van der Waals surface area contributed by atoms with Crippen LogP contribution in [0.1, 0.15) is 24.0 Å². The molecule has 2 aromatic heterocycles. The van der Waals surface area contributed by atoms with Gasteiger partial charge >= 0.3 is 0 Å². The topological polar surface area (TPSA) is 61.7 Å². The summed E-state index contributed by atoms with van der Waals surface area (Å²) >= 11 is 0. The predicted octanol–water partition coefficient (Wildman–Crippen LogP) is 0.728. The van der Waals surface area contributed by atoms with Crippen molar-refractivity contribution in [1.29, 1.82) is 0 Å². The van der Waals surface area contributed by atoms with Crippen molar-refractivity contribution >= 4 is 0 Å². The van der Waals surface area contributed by atoms with Crippen LogP contribution in [0.5, 0.6) is 0 Å². The maximum atomic E-state index is 5.50. The molecule has 0 aromatic carbocycles. The molecule has 2 heterocycles. The van der Waals surface area contributed by atoms with Crippen molar-refractivity contribution < 1.29 is 0 Å². The maximum Gasteiger partial charge on any atom is 0.0953 e. The van der Waals surface area contributed by atoms with Crippen molar-refractivity contribution in [1.82, 2.24) is 19.3 Å². The van der Waals surface area contributed by atoms with E-state index in [0.717, 1.165) is 30.8 Å². The molecule has 0 aliphatic heterocycles. The van der Waals surface area contributed by atoms with Crippen LogP contribution in [0.2, 0.25) is 0 Å². The van der Waals surface area contributed by atoms with Gasteiger partial charge in [0.25, 0.3) is 0 Å². The number of nitrogens with two attached hydrogens (primary N) is 1. The number of imidazole rings is 1. The Labute approximate surface area is 101 Å². The number of hydrogen-bond donors (Lipinski definition) is 1. The van der Waals surface area contributed by atoms with Gasteiger partial charge in [0.2, 0.25) is 0 Å². The van der Waals surface area contributed by atoms with Gasteiger partial charge in [-0.25, -0.2) is 4.98 Å². The predicted molar refractivity (Wildman–Crippen MR) is 66.7 cm³/mol. The average molecular weight is 233 g/mol. The van der Waals surface area contributed by atoms with Gasteiger partial charge in [0.05, 0.1) is 30.0 Å². The lowest BCUT2D eigenvalue weighted by molar-refractivity contribution is 0.660. The molecule has 92 valence electrons. The van der Waals surface area contributed by atoms with E-state index in [1.54, 1.807) is 0 Å². The van der Waals surface area contributed by atoms with E-state index in [0.29, 0.717) is 6.54 Å². The largest absolute Gasteiger partial charge is 0.331 e. The van der Waals surface area contributed by atoms with E-state index in [2.05, 4.69) is 27.6 Å². The van der Waals surface area contributed by atoms with Crippen LogP contribution in [0.15, 0.2) is 18.6 Å². The minimum absolute atomic E-state index is 0.642. The van der Waals surface area contributed by atoms with E-state index in [1.165, 1.54) is 5.69 Å². The zero-order valence-electron chi connectivity index (χ0n) is 10.4. The summed E-state index contributed by atoms with van der Waals surface area (Å²) in [6.07, 6.45) is 5.70. The Morgan fingerprint density at radius 2 is 2.18 bits per heavy atom. The summed E-state index contributed by atoms with van der Waals surface area (Å²) in [5.41, 5.74) is 8.87. The molecule has 5 heteroatoms. The number of hydrogen-bond acceptors (Lipinski definition) is 3. The molecule has 0 bridgehead atoms. The number of aromatic nitrogens is 4. The summed E-state index contributed by atoms with van der Waals surface area (Å²) < 4.78 is 4.00. The van der Waals surface area contributed by atoms with Gasteiger partial charge in [-0.1, -0.05) is 6.92 Å². The molecule has 2 rings (SSSR count). The Kier molecular flexibility index (Phi) is 3.58. The average Bonchev–Trinajstić information content (AvgIpc) is 2.88. The Bertz CT molecular complexity index is 483. The smallest absolute Gasteiger partial charge is 0.0953 e. The fraction of sp³-hybridized carbons (Fsp3) is 0.500. The van der Waals surface area contributed by atoms with Gasteiger partial charge in [-0.2, -0.15) is 5.10 Å². The molecule has 17 heavy (non-hydrogen) atoms. The third kappa shape index (κ3) is 2.74. The first kappa shape index (κ1) is 11.9. The highest BCUT2D eigenvalue weighted by atomic mass is 15.3. The van der Waals surface area contributed by atoms with Crippen LogP contribution >= 0.6 is 0 Å². The lowest BCUT2D eigenvalue weighted by Gasteiger charge is -2.01. The molecular weight excluding hydrogens is 214 g/mol. The lowest BCUT2D eigenvalue weighted by Crippen LogP contribution is -2.04. The fourth-order valence-electron chi connectivity index (χ4n) is 1.85. The van der Waals surface area contributed by atoms with E-state index >= 15 is 0 Å². The quantitative estimate of drug-likeness (QED) is 0.828. The summed E-state index contributed by atoms with van der Waals surface area (Å²) in [5.74, 6) is 0. The van der Waals surface area contributed by atoms with E-state index in [9.17, 15) is 0 Å². The number of rotatable bonds is 5. The summed E-state index contributed by atoms with van der Waals surface area (Å²) in [6, 6.07) is 2.14. The zero-order valence-corrected chi connectivity index (χ0v) is 10.4. The van der Waals surface area contributed by atoms with Gasteiger partial charge in [-0.3, -0.25) is 4.68 Å². The molecule has 5 nitrogen and oxygen atoms in total. The zero-order chi connectivity index (χ0) is 12.3. The van der Waals surface area contributed by atoms with E-state index in [-0.39, 0.29) is 0 Å². The number of aryl methyl sites for hydroxylation is 2. The van der Waals surface area contributed by atoms with Crippen LogP contribution in [0.3, 0.4) is 0 Å². The Morgan fingerprint density at radius 1 is 1.35 bits per heavy atom. The maximum absolute atomic E-state index is 5.50. The molecule has 0 fully saturated rings. The second kappa shape index (κ2) is 5.14. The molecule has 2 aromatic rings. The first-order chi connectivity index (χ1) is 8.22. The minimum atomic E-state index is 0.642. The van der Waals surface area contributed by atoms with Gasteiger partial charge in [-0.05, 0) is 19.0 Å². The van der Waals surface area contributed by atoms with Crippen LogP contribution in [-0.2, 0) is 26.4 Å². The third-order valence-electron chi connectivity index (χ3n) is 2.82. The molecule has 0 saturated carbocycles. The van der Waals surface area contributed by atoms with Gasteiger partial charge in [0.15, 0.2) is 0 Å². The molecule has 0 saturated heterocycles. The molecule has 0 atom stereocenters. The van der Waals surface area contributed by atoms with Crippen molar-refractivity contribution in [2.24, 2.45) is 12.8 Å². The summed E-state index contributed by atoms with van der Waals surface area (Å²) in [4.78, 5) is 4.31. The van der Waals surface area contributed by atoms with Crippen molar-refractivity contribution in [3.05, 3.63) is 35.7 Å². The Hall–Kier alpha value is -1.62. The van der Waals surface area contributed by atoms with Crippen LogP contribution in [0, 0.1) is 0 Å². The molecule has 0 unspecified atom stereocenters. The molecule has 0 radical (unpaired) electrons. The second-order valence-corrected chi connectivity index (χ2v) is 4.18. The third-order valence-corrected chi connectivity index (χ3v) is 2.82. The van der Waals surface area contributed by atoms with E-state index in [4.69, 9.17) is 5.73 Å². The fourth-order valence-corrected chi connectivity index (χ4v) is 1.85. The van der Waals surface area contributed by atoms with Crippen LogP contribution in [-0.4, -0.2) is 25.9 Å². The second-order valence-electron chi connectivity index (χ2n) is 4.18. The molecule has 0 aliphatic rings. The molecule has 0 aliphatic carbocycles. The standard InChI is InChI=1S/C12H19N5/c1-3-10-6-12(16(2)15-10)8-17-7-11(4-5-13)14-9-17/h6-7,9H,3-5,8,13H2,1-2H3. The minimum Gasteiger partial charge on any atom is -0.331 e. The highest BCUT2D eigenvalue weighted by Gasteiger charge is 2.05. The first-order valence-corrected chi connectivity index (χ1v) is 5.95. The highest BCUT2D eigenvalue weighted by Crippen LogP contribution is 2.07. The van der Waals surface area contributed by atoms with Crippen LogP contribution in [0.4, 0.5) is 0 Å². The van der Waals surface area contributed by atoms with Gasteiger partial charge in [-0.15, -0.1) is 0 Å². The van der Waals surface area contributed by atoms with Gasteiger partial charge in [0, 0.05) is 19.7 Å². The summed E-state index contributed by atoms with van der Waals surface area (Å²) in [7, 11) is 1.98. The number of nitrogens with zero attached hydrogens (tertiary/aromatic N) is 4. The summed E-state index contributed by atoms with van der Waals surface area (Å²) in [6.45, 7) is 3.56. The molecular formula is C12H19N5.